The number of ether oxygens (including phenoxy) is 1. The standard InChI is InChI=1S/C21H15ClF3NO4S/c1-31(28,29)17-9-10-18(19(22)12-17)20(27)26-15-4-2-3-14(11-15)13-5-7-16(8-6-13)30-21(23,24)25/h2-12H,1H3,(H,26,27). The van der Waals surface area contributed by atoms with Crippen LogP contribution >= 0.6 is 11.6 Å². The highest BCUT2D eigenvalue weighted by molar-refractivity contribution is 7.90. The quantitative estimate of drug-likeness (QED) is 0.531. The summed E-state index contributed by atoms with van der Waals surface area (Å²) in [6, 6.07) is 15.8. The van der Waals surface area contributed by atoms with Gasteiger partial charge in [-0.05, 0) is 53.6 Å². The maximum Gasteiger partial charge on any atom is 0.573 e. The van der Waals surface area contributed by atoms with Crippen molar-refractivity contribution >= 4 is 33.0 Å². The lowest BCUT2D eigenvalue weighted by molar-refractivity contribution is -0.274. The topological polar surface area (TPSA) is 72.5 Å². The Kier molecular flexibility index (Phi) is 6.28. The van der Waals surface area contributed by atoms with Crippen LogP contribution < -0.4 is 10.1 Å². The molecular weight excluding hydrogens is 455 g/mol. The van der Waals surface area contributed by atoms with Crippen molar-refractivity contribution in [1.29, 1.82) is 0 Å². The number of hydrogen-bond donors (Lipinski definition) is 1. The highest BCUT2D eigenvalue weighted by Crippen LogP contribution is 2.28. The SMILES string of the molecule is CS(=O)(=O)c1ccc(C(=O)Nc2cccc(-c3ccc(OC(F)(F)F)cc3)c2)c(Cl)c1. The summed E-state index contributed by atoms with van der Waals surface area (Å²) in [6.45, 7) is 0. The summed E-state index contributed by atoms with van der Waals surface area (Å²) in [5.74, 6) is -0.885. The second kappa shape index (κ2) is 8.60. The van der Waals surface area contributed by atoms with Gasteiger partial charge in [-0.3, -0.25) is 4.79 Å². The summed E-state index contributed by atoms with van der Waals surface area (Å²) in [4.78, 5) is 12.5. The van der Waals surface area contributed by atoms with Gasteiger partial charge in [-0.15, -0.1) is 13.2 Å². The first-order valence-corrected chi connectivity index (χ1v) is 11.0. The number of nitrogens with one attached hydrogen (secondary N) is 1. The molecule has 3 aromatic carbocycles. The Morgan fingerprint density at radius 2 is 1.65 bits per heavy atom. The third-order valence-corrected chi connectivity index (χ3v) is 5.58. The first-order valence-electron chi connectivity index (χ1n) is 8.69. The number of anilines is 1. The molecule has 0 fully saturated rings. The molecule has 3 rings (SSSR count). The molecule has 1 amide bonds. The Hall–Kier alpha value is -3.04. The molecule has 0 aliphatic heterocycles. The van der Waals surface area contributed by atoms with Gasteiger partial charge in [0.05, 0.1) is 15.5 Å². The Morgan fingerprint density at radius 3 is 2.23 bits per heavy atom. The molecule has 0 heterocycles. The number of halogens is 4. The molecule has 0 atom stereocenters. The highest BCUT2D eigenvalue weighted by atomic mass is 35.5. The first-order chi connectivity index (χ1) is 14.4. The van der Waals surface area contributed by atoms with Crippen LogP contribution in [0.25, 0.3) is 11.1 Å². The van der Waals surface area contributed by atoms with E-state index in [1.807, 2.05) is 0 Å². The molecule has 0 aliphatic rings. The Labute approximate surface area is 181 Å². The van der Waals surface area contributed by atoms with E-state index in [1.165, 1.54) is 42.5 Å². The summed E-state index contributed by atoms with van der Waals surface area (Å²) in [7, 11) is -3.46. The molecule has 162 valence electrons. The largest absolute Gasteiger partial charge is 0.573 e. The van der Waals surface area contributed by atoms with Gasteiger partial charge >= 0.3 is 6.36 Å². The molecule has 1 N–H and O–H groups in total. The van der Waals surface area contributed by atoms with Crippen LogP contribution in [-0.4, -0.2) is 26.9 Å². The lowest BCUT2D eigenvalue weighted by Crippen LogP contribution is -2.16. The predicted molar refractivity (Wildman–Crippen MR) is 111 cm³/mol. The van der Waals surface area contributed by atoms with E-state index in [1.54, 1.807) is 24.3 Å². The van der Waals surface area contributed by atoms with Gasteiger partial charge in [0.25, 0.3) is 5.91 Å². The van der Waals surface area contributed by atoms with Gasteiger partial charge in [0.2, 0.25) is 0 Å². The molecule has 0 bridgehead atoms. The minimum absolute atomic E-state index is 0.00556. The normalized spacial score (nSPS) is 11.8. The van der Waals surface area contributed by atoms with E-state index in [4.69, 9.17) is 11.6 Å². The number of hydrogen-bond acceptors (Lipinski definition) is 4. The van der Waals surface area contributed by atoms with Crippen LogP contribution in [0.15, 0.2) is 71.6 Å². The number of sulfone groups is 1. The lowest BCUT2D eigenvalue weighted by atomic mass is 10.0. The molecule has 0 unspecified atom stereocenters. The molecule has 0 saturated carbocycles. The Morgan fingerprint density at radius 1 is 0.968 bits per heavy atom. The van der Waals surface area contributed by atoms with Crippen molar-refractivity contribution in [2.75, 3.05) is 11.6 Å². The minimum atomic E-state index is -4.77. The lowest BCUT2D eigenvalue weighted by Gasteiger charge is -2.11. The molecule has 5 nitrogen and oxygen atoms in total. The second-order valence-corrected chi connectivity index (χ2v) is 8.94. The van der Waals surface area contributed by atoms with Crippen LogP contribution in [0.1, 0.15) is 10.4 Å². The number of alkyl halides is 3. The molecule has 10 heteroatoms. The summed E-state index contributed by atoms with van der Waals surface area (Å²) in [5.41, 5.74) is 1.77. The zero-order chi connectivity index (χ0) is 22.8. The average molecular weight is 470 g/mol. The average Bonchev–Trinajstić information content (AvgIpc) is 2.66. The third-order valence-electron chi connectivity index (χ3n) is 4.15. The van der Waals surface area contributed by atoms with E-state index in [2.05, 4.69) is 10.1 Å². The van der Waals surface area contributed by atoms with Crippen molar-refractivity contribution in [3.8, 4) is 16.9 Å². The fourth-order valence-corrected chi connectivity index (χ4v) is 3.71. The number of carbonyl (C=O) groups is 1. The molecule has 0 spiro atoms. The van der Waals surface area contributed by atoms with Gasteiger partial charge in [-0.1, -0.05) is 35.9 Å². The maximum atomic E-state index is 12.6. The fourth-order valence-electron chi connectivity index (χ4n) is 2.73. The van der Waals surface area contributed by atoms with Gasteiger partial charge in [-0.2, -0.15) is 0 Å². The summed E-state index contributed by atoms with van der Waals surface area (Å²) in [6.07, 6.45) is -3.74. The van der Waals surface area contributed by atoms with Crippen LogP contribution in [-0.2, 0) is 9.84 Å². The van der Waals surface area contributed by atoms with Crippen LogP contribution in [0.2, 0.25) is 5.02 Å². The van der Waals surface area contributed by atoms with Gasteiger partial charge in [0, 0.05) is 11.9 Å². The van der Waals surface area contributed by atoms with Gasteiger partial charge in [0.1, 0.15) is 5.75 Å². The predicted octanol–water partition coefficient (Wildman–Crippen LogP) is 5.56. The van der Waals surface area contributed by atoms with E-state index in [0.717, 1.165) is 6.26 Å². The van der Waals surface area contributed by atoms with Crippen LogP contribution in [0.3, 0.4) is 0 Å². The Bertz CT molecular complexity index is 1230. The smallest absolute Gasteiger partial charge is 0.406 e. The van der Waals surface area contributed by atoms with E-state index in [0.29, 0.717) is 16.8 Å². The van der Waals surface area contributed by atoms with Gasteiger partial charge < -0.3 is 10.1 Å². The Balaban J connectivity index is 1.79. The molecule has 0 aromatic heterocycles. The van der Waals surface area contributed by atoms with Crippen LogP contribution in [0, 0.1) is 0 Å². The van der Waals surface area contributed by atoms with Crippen molar-refractivity contribution < 1.29 is 31.1 Å². The second-order valence-electron chi connectivity index (χ2n) is 6.52. The third kappa shape index (κ3) is 5.99. The minimum Gasteiger partial charge on any atom is -0.406 e. The number of benzene rings is 3. The molecule has 3 aromatic rings. The van der Waals surface area contributed by atoms with Crippen molar-refractivity contribution in [3.63, 3.8) is 0 Å². The highest BCUT2D eigenvalue weighted by Gasteiger charge is 2.31. The van der Waals surface area contributed by atoms with Crippen molar-refractivity contribution in [2.45, 2.75) is 11.3 Å². The number of rotatable bonds is 5. The summed E-state index contributed by atoms with van der Waals surface area (Å²) >= 11 is 6.07. The first kappa shape index (κ1) is 22.6. The van der Waals surface area contributed by atoms with Crippen molar-refractivity contribution in [3.05, 3.63) is 77.3 Å². The molecule has 0 radical (unpaired) electrons. The fraction of sp³-hybridized carbons (Fsp3) is 0.0952. The van der Waals surface area contributed by atoms with E-state index in [9.17, 15) is 26.4 Å². The van der Waals surface area contributed by atoms with Crippen molar-refractivity contribution in [2.24, 2.45) is 0 Å². The van der Waals surface area contributed by atoms with Gasteiger partial charge in [0.15, 0.2) is 9.84 Å². The molecule has 0 saturated heterocycles. The van der Waals surface area contributed by atoms with E-state index in [-0.39, 0.29) is 21.2 Å². The monoisotopic (exact) mass is 469 g/mol. The number of carbonyl (C=O) groups excluding carboxylic acids is 1. The molecule has 0 aliphatic carbocycles. The van der Waals surface area contributed by atoms with Crippen LogP contribution in [0.5, 0.6) is 5.75 Å². The molecule has 31 heavy (non-hydrogen) atoms. The maximum absolute atomic E-state index is 12.6. The summed E-state index contributed by atoms with van der Waals surface area (Å²) < 4.78 is 63.9. The van der Waals surface area contributed by atoms with E-state index < -0.39 is 22.1 Å². The zero-order valence-electron chi connectivity index (χ0n) is 15.9. The van der Waals surface area contributed by atoms with Crippen LogP contribution in [0.4, 0.5) is 18.9 Å². The van der Waals surface area contributed by atoms with Gasteiger partial charge in [-0.25, -0.2) is 8.42 Å². The van der Waals surface area contributed by atoms with E-state index >= 15 is 0 Å². The zero-order valence-corrected chi connectivity index (χ0v) is 17.5. The number of amides is 1. The van der Waals surface area contributed by atoms with Crippen molar-refractivity contribution in [1.82, 2.24) is 0 Å². The molecular formula is C21H15ClF3NO4S. The summed E-state index contributed by atoms with van der Waals surface area (Å²) in [5, 5.41) is 2.65.